The minimum Gasteiger partial charge on any atom is -0.481 e. The van der Waals surface area contributed by atoms with Crippen LogP contribution in [0.1, 0.15) is 80.6 Å². The Morgan fingerprint density at radius 3 is 2.54 bits per heavy atom. The van der Waals surface area contributed by atoms with E-state index in [2.05, 4.69) is 47.6 Å². The molecule has 0 aromatic carbocycles. The Kier molecular flexibility index (Phi) is 7.17. The Hall–Kier alpha value is -1.16. The van der Waals surface area contributed by atoms with Crippen LogP contribution in [0.2, 0.25) is 0 Å². The van der Waals surface area contributed by atoms with Crippen LogP contribution in [0.4, 0.5) is 0 Å². The minimum atomic E-state index is -0.742. The van der Waals surface area contributed by atoms with Crippen molar-refractivity contribution in [2.75, 3.05) is 6.61 Å². The van der Waals surface area contributed by atoms with Crippen LogP contribution in [0.3, 0.4) is 0 Å². The number of hydrogen-bond acceptors (Lipinski definition) is 3. The number of Topliss-reactive ketones (excluding diaryl/α,β-unsaturated/α-hetero) is 1. The molecule has 0 unspecified atom stereocenters. The summed E-state index contributed by atoms with van der Waals surface area (Å²) in [5, 5.41) is 9.10. The third-order valence-corrected chi connectivity index (χ3v) is 7.79. The van der Waals surface area contributed by atoms with Crippen LogP contribution in [0.25, 0.3) is 0 Å². The quantitative estimate of drug-likeness (QED) is 0.554. The van der Waals surface area contributed by atoms with Gasteiger partial charge in [0.15, 0.2) is 5.78 Å². The Bertz CT molecular complexity index is 622. The first-order valence-corrected chi connectivity index (χ1v) is 11.0. The summed E-state index contributed by atoms with van der Waals surface area (Å²) in [6.45, 7) is 15.6. The predicted octanol–water partition coefficient (Wildman–Crippen LogP) is 5.51. The number of carbonyl (C=O) groups excluding carboxylic acids is 1. The van der Waals surface area contributed by atoms with Crippen LogP contribution in [0.15, 0.2) is 11.6 Å². The van der Waals surface area contributed by atoms with Crippen molar-refractivity contribution in [2.45, 2.75) is 86.7 Å². The number of allylic oxidation sites excluding steroid dienone is 1. The normalized spacial score (nSPS) is 36.8. The molecule has 28 heavy (non-hydrogen) atoms. The zero-order valence-electron chi connectivity index (χ0n) is 18.9. The molecular formula is C24H40O4. The number of ether oxygens (including phenoxy) is 1. The predicted molar refractivity (Wildman–Crippen MR) is 112 cm³/mol. The van der Waals surface area contributed by atoms with Crippen molar-refractivity contribution in [1.82, 2.24) is 0 Å². The molecule has 4 heteroatoms. The second-order valence-corrected chi connectivity index (χ2v) is 10.3. The Morgan fingerprint density at radius 1 is 1.32 bits per heavy atom. The van der Waals surface area contributed by atoms with E-state index >= 15 is 0 Å². The summed E-state index contributed by atoms with van der Waals surface area (Å²) in [4.78, 5) is 24.6. The van der Waals surface area contributed by atoms with Crippen LogP contribution in [-0.2, 0) is 14.3 Å². The third-order valence-electron chi connectivity index (χ3n) is 7.79. The number of carboxylic acids is 1. The number of carbonyl (C=O) groups is 2. The number of hydrogen-bond donors (Lipinski definition) is 1. The summed E-state index contributed by atoms with van der Waals surface area (Å²) >= 11 is 0. The molecule has 0 aliphatic heterocycles. The fourth-order valence-electron chi connectivity index (χ4n) is 5.71. The van der Waals surface area contributed by atoms with Crippen LogP contribution >= 0.6 is 0 Å². The van der Waals surface area contributed by atoms with Gasteiger partial charge in [0, 0.05) is 24.4 Å². The van der Waals surface area contributed by atoms with E-state index in [4.69, 9.17) is 9.84 Å². The maximum absolute atomic E-state index is 13.5. The smallest absolute Gasteiger partial charge is 0.303 e. The molecule has 1 saturated carbocycles. The lowest BCUT2D eigenvalue weighted by Crippen LogP contribution is -2.62. The van der Waals surface area contributed by atoms with Gasteiger partial charge in [-0.15, -0.1) is 0 Å². The van der Waals surface area contributed by atoms with Gasteiger partial charge in [-0.05, 0) is 55.8 Å². The molecule has 2 rings (SSSR count). The monoisotopic (exact) mass is 392 g/mol. The van der Waals surface area contributed by atoms with Gasteiger partial charge >= 0.3 is 5.97 Å². The largest absolute Gasteiger partial charge is 0.481 e. The standard InChI is InChI=1S/C24H40O4/c1-15(2)14-28-22-21(27)18(5)23(6,12-11-16(3)13-20(25)26)19-10-8-9-17(4)24(19,22)7/h9,15-16,18-19,22H,8,10-14H2,1-7H3,(H,25,26)/t16-,18+,19+,22-,23+,24-/m0/s1. The molecule has 2 aliphatic rings. The fraction of sp³-hybridized carbons (Fsp3) is 0.833. The molecule has 0 aromatic rings. The summed E-state index contributed by atoms with van der Waals surface area (Å²) in [5.74, 6) is 0.287. The van der Waals surface area contributed by atoms with Crippen molar-refractivity contribution in [3.8, 4) is 0 Å². The van der Waals surface area contributed by atoms with Crippen LogP contribution in [0.5, 0.6) is 0 Å². The van der Waals surface area contributed by atoms with Crippen LogP contribution in [0, 0.1) is 34.5 Å². The molecule has 6 atom stereocenters. The van der Waals surface area contributed by atoms with Gasteiger partial charge in [-0.1, -0.05) is 53.2 Å². The van der Waals surface area contributed by atoms with E-state index in [0.29, 0.717) is 18.4 Å². The van der Waals surface area contributed by atoms with Gasteiger partial charge in [-0.25, -0.2) is 0 Å². The average molecular weight is 393 g/mol. The average Bonchev–Trinajstić information content (AvgIpc) is 2.59. The highest BCUT2D eigenvalue weighted by Gasteiger charge is 2.61. The molecule has 0 spiro atoms. The molecule has 1 N–H and O–H groups in total. The lowest BCUT2D eigenvalue weighted by molar-refractivity contribution is -0.175. The Balaban J connectivity index is 2.35. The van der Waals surface area contributed by atoms with Crippen molar-refractivity contribution in [3.05, 3.63) is 11.6 Å². The van der Waals surface area contributed by atoms with E-state index in [1.165, 1.54) is 5.57 Å². The molecule has 2 aliphatic carbocycles. The number of carboxylic acid groups (broad SMARTS) is 1. The van der Waals surface area contributed by atoms with Gasteiger partial charge in [0.2, 0.25) is 0 Å². The molecule has 0 radical (unpaired) electrons. The van der Waals surface area contributed by atoms with Crippen molar-refractivity contribution in [3.63, 3.8) is 0 Å². The minimum absolute atomic E-state index is 0.0781. The molecule has 160 valence electrons. The zero-order chi connectivity index (χ0) is 21.3. The maximum Gasteiger partial charge on any atom is 0.303 e. The van der Waals surface area contributed by atoms with Gasteiger partial charge < -0.3 is 9.84 Å². The lowest BCUT2D eigenvalue weighted by atomic mass is 9.45. The third kappa shape index (κ3) is 4.22. The second kappa shape index (κ2) is 8.69. The maximum atomic E-state index is 13.5. The summed E-state index contributed by atoms with van der Waals surface area (Å²) in [5.41, 5.74) is 0.871. The lowest BCUT2D eigenvalue weighted by Gasteiger charge is -2.60. The van der Waals surface area contributed by atoms with Crippen molar-refractivity contribution in [2.24, 2.45) is 34.5 Å². The zero-order valence-corrected chi connectivity index (χ0v) is 18.9. The first kappa shape index (κ1) is 23.1. The number of rotatable bonds is 8. The molecule has 0 bridgehead atoms. The number of aliphatic carboxylic acids is 1. The molecule has 0 aromatic heterocycles. The Labute approximate surface area is 171 Å². The summed E-state index contributed by atoms with van der Waals surface area (Å²) in [6.07, 6.45) is 5.95. The molecular weight excluding hydrogens is 352 g/mol. The van der Waals surface area contributed by atoms with E-state index in [1.807, 2.05) is 6.92 Å². The number of fused-ring (bicyclic) bond motifs is 1. The topological polar surface area (TPSA) is 63.6 Å². The van der Waals surface area contributed by atoms with E-state index in [0.717, 1.165) is 25.7 Å². The highest BCUT2D eigenvalue weighted by molar-refractivity contribution is 5.88. The molecule has 0 amide bonds. The summed E-state index contributed by atoms with van der Waals surface area (Å²) in [6, 6.07) is 0. The second-order valence-electron chi connectivity index (χ2n) is 10.3. The summed E-state index contributed by atoms with van der Waals surface area (Å²) in [7, 11) is 0. The highest BCUT2D eigenvalue weighted by Crippen LogP contribution is 2.61. The molecule has 1 fully saturated rings. The first-order valence-electron chi connectivity index (χ1n) is 11.0. The number of ketones is 1. The fourth-order valence-corrected chi connectivity index (χ4v) is 5.71. The van der Waals surface area contributed by atoms with Gasteiger partial charge in [-0.2, -0.15) is 0 Å². The van der Waals surface area contributed by atoms with E-state index in [1.54, 1.807) is 0 Å². The van der Waals surface area contributed by atoms with Crippen molar-refractivity contribution >= 4 is 11.8 Å². The van der Waals surface area contributed by atoms with Gasteiger partial charge in [0.05, 0.1) is 0 Å². The molecule has 0 saturated heterocycles. The van der Waals surface area contributed by atoms with Crippen molar-refractivity contribution < 1.29 is 19.4 Å². The van der Waals surface area contributed by atoms with Crippen molar-refractivity contribution in [1.29, 1.82) is 0 Å². The molecule has 0 heterocycles. The van der Waals surface area contributed by atoms with E-state index in [-0.39, 0.29) is 41.0 Å². The van der Waals surface area contributed by atoms with Gasteiger partial charge in [0.1, 0.15) is 6.10 Å². The van der Waals surface area contributed by atoms with E-state index in [9.17, 15) is 9.59 Å². The molecule has 4 nitrogen and oxygen atoms in total. The van der Waals surface area contributed by atoms with Crippen LogP contribution < -0.4 is 0 Å². The van der Waals surface area contributed by atoms with Gasteiger partial charge in [0.25, 0.3) is 0 Å². The van der Waals surface area contributed by atoms with E-state index < -0.39 is 5.97 Å². The summed E-state index contributed by atoms with van der Waals surface area (Å²) < 4.78 is 6.27. The van der Waals surface area contributed by atoms with Gasteiger partial charge in [-0.3, -0.25) is 9.59 Å². The SMILES string of the molecule is CC1=CCC[C@@H]2[C@](C)(CC[C@H](C)CC(=O)O)[C@H](C)C(=O)[C@H](OCC(C)C)[C@@]12C. The first-order chi connectivity index (χ1) is 12.9. The van der Waals surface area contributed by atoms with Crippen LogP contribution in [-0.4, -0.2) is 29.6 Å². The highest BCUT2D eigenvalue weighted by atomic mass is 16.5. The Morgan fingerprint density at radius 2 is 1.96 bits per heavy atom.